The summed E-state index contributed by atoms with van der Waals surface area (Å²) in [5.41, 5.74) is 2.67. The quantitative estimate of drug-likeness (QED) is 0.594. The molecule has 0 amide bonds. The van der Waals surface area contributed by atoms with Gasteiger partial charge in [0.05, 0.1) is 6.61 Å². The molecule has 1 N–H and O–H groups in total. The zero-order valence-electron chi connectivity index (χ0n) is 13.0. The fraction of sp³-hybridized carbons (Fsp3) is 0.333. The highest BCUT2D eigenvalue weighted by atomic mass is 19.1. The number of methoxy groups -OCH3 is 1. The first-order valence-corrected chi connectivity index (χ1v) is 7.33. The molecule has 2 rings (SSSR count). The van der Waals surface area contributed by atoms with Gasteiger partial charge in [-0.15, -0.1) is 0 Å². The van der Waals surface area contributed by atoms with Crippen molar-refractivity contribution in [3.8, 4) is 0 Å². The van der Waals surface area contributed by atoms with Crippen molar-refractivity contribution in [1.82, 2.24) is 5.32 Å². The normalized spacial score (nSPS) is 12.3. The van der Waals surface area contributed by atoms with Crippen molar-refractivity contribution in [2.24, 2.45) is 0 Å². The molecule has 2 aromatic rings. The third-order valence-corrected chi connectivity index (χ3v) is 3.49. The number of rotatable bonds is 8. The topological polar surface area (TPSA) is 30.5 Å². The van der Waals surface area contributed by atoms with Crippen LogP contribution in [0.25, 0.3) is 0 Å². The van der Waals surface area contributed by atoms with Gasteiger partial charge in [-0.2, -0.15) is 0 Å². The molecule has 0 saturated heterocycles. The molecule has 0 aliphatic rings. The minimum atomic E-state index is -0.247. The van der Waals surface area contributed by atoms with Crippen molar-refractivity contribution in [1.29, 1.82) is 0 Å². The van der Waals surface area contributed by atoms with Crippen molar-refractivity contribution >= 4 is 0 Å². The van der Waals surface area contributed by atoms with Crippen LogP contribution in [0.5, 0.6) is 0 Å². The maximum Gasteiger partial charge on any atom is 0.146 e. The Morgan fingerprint density at radius 2 is 1.91 bits per heavy atom. The molecule has 4 heteroatoms. The zero-order chi connectivity index (χ0) is 15.8. The van der Waals surface area contributed by atoms with Gasteiger partial charge in [0.1, 0.15) is 12.6 Å². The lowest BCUT2D eigenvalue weighted by atomic mass is 10.1. The maximum atomic E-state index is 14.0. The lowest BCUT2D eigenvalue weighted by Crippen LogP contribution is -2.18. The first kappa shape index (κ1) is 16.6. The second-order valence-electron chi connectivity index (χ2n) is 5.19. The molecule has 0 spiro atoms. The van der Waals surface area contributed by atoms with E-state index in [1.807, 2.05) is 24.3 Å². The molecule has 0 aromatic heterocycles. The standard InChI is InChI=1S/C18H22FNO2/c1-14(16-6-4-3-5-7-16)20-11-15-8-9-17(18(19)10-15)12-22-13-21-2/h3-10,14,20H,11-13H2,1-2H3/t14-/m0/s1. The van der Waals surface area contributed by atoms with Crippen molar-refractivity contribution in [2.45, 2.75) is 26.1 Å². The molecule has 0 unspecified atom stereocenters. The Labute approximate surface area is 131 Å². The van der Waals surface area contributed by atoms with Crippen LogP contribution < -0.4 is 5.32 Å². The van der Waals surface area contributed by atoms with Gasteiger partial charge in [0.15, 0.2) is 0 Å². The highest BCUT2D eigenvalue weighted by molar-refractivity contribution is 5.24. The van der Waals surface area contributed by atoms with Gasteiger partial charge in [-0.05, 0) is 24.1 Å². The first-order chi connectivity index (χ1) is 10.7. The summed E-state index contributed by atoms with van der Waals surface area (Å²) in [6.45, 7) is 3.09. The third kappa shape index (κ3) is 4.91. The summed E-state index contributed by atoms with van der Waals surface area (Å²) in [6.07, 6.45) is 0. The molecule has 0 aliphatic heterocycles. The summed E-state index contributed by atoms with van der Waals surface area (Å²) in [7, 11) is 1.54. The Morgan fingerprint density at radius 1 is 1.14 bits per heavy atom. The molecule has 0 heterocycles. The van der Waals surface area contributed by atoms with E-state index in [-0.39, 0.29) is 25.3 Å². The Morgan fingerprint density at radius 3 is 2.59 bits per heavy atom. The lowest BCUT2D eigenvalue weighted by Gasteiger charge is -2.14. The fourth-order valence-corrected chi connectivity index (χ4v) is 2.18. The Balaban J connectivity index is 1.89. The van der Waals surface area contributed by atoms with Crippen molar-refractivity contribution in [3.05, 3.63) is 71.0 Å². The van der Waals surface area contributed by atoms with Gasteiger partial charge in [-0.1, -0.05) is 42.5 Å². The second-order valence-corrected chi connectivity index (χ2v) is 5.19. The number of hydrogen-bond donors (Lipinski definition) is 1. The zero-order valence-corrected chi connectivity index (χ0v) is 13.0. The molecule has 0 radical (unpaired) electrons. The summed E-state index contributed by atoms with van der Waals surface area (Å²) in [6, 6.07) is 15.6. The van der Waals surface area contributed by atoms with E-state index in [1.54, 1.807) is 19.2 Å². The molecule has 0 fully saturated rings. The second kappa shape index (κ2) is 8.63. The van der Waals surface area contributed by atoms with Gasteiger partial charge in [0, 0.05) is 25.3 Å². The number of halogens is 1. The molecule has 0 aliphatic carbocycles. The van der Waals surface area contributed by atoms with E-state index in [0.29, 0.717) is 12.1 Å². The number of nitrogens with one attached hydrogen (secondary N) is 1. The van der Waals surface area contributed by atoms with Crippen LogP contribution in [0.1, 0.15) is 29.7 Å². The van der Waals surface area contributed by atoms with Crippen LogP contribution in [-0.2, 0) is 22.6 Å². The summed E-state index contributed by atoms with van der Waals surface area (Å²) < 4.78 is 23.9. The predicted octanol–water partition coefficient (Wildman–Crippen LogP) is 3.80. The largest absolute Gasteiger partial charge is 0.359 e. The number of benzene rings is 2. The summed E-state index contributed by atoms with van der Waals surface area (Å²) in [4.78, 5) is 0. The SMILES string of the molecule is COCOCc1ccc(CN[C@@H](C)c2ccccc2)cc1F. The molecule has 0 bridgehead atoms. The van der Waals surface area contributed by atoms with Gasteiger partial charge < -0.3 is 14.8 Å². The van der Waals surface area contributed by atoms with Gasteiger partial charge in [-0.3, -0.25) is 0 Å². The van der Waals surface area contributed by atoms with E-state index in [2.05, 4.69) is 24.4 Å². The first-order valence-electron chi connectivity index (χ1n) is 7.33. The Bertz CT molecular complexity index is 575. The minimum absolute atomic E-state index is 0.164. The Kier molecular flexibility index (Phi) is 6.52. The average Bonchev–Trinajstić information content (AvgIpc) is 2.55. The molecule has 22 heavy (non-hydrogen) atoms. The van der Waals surface area contributed by atoms with E-state index in [4.69, 9.17) is 9.47 Å². The van der Waals surface area contributed by atoms with Crippen LogP contribution in [0.3, 0.4) is 0 Å². The summed E-state index contributed by atoms with van der Waals surface area (Å²) in [5, 5.41) is 3.40. The van der Waals surface area contributed by atoms with E-state index in [9.17, 15) is 4.39 Å². The highest BCUT2D eigenvalue weighted by Gasteiger charge is 2.07. The average molecular weight is 303 g/mol. The van der Waals surface area contributed by atoms with Crippen molar-refractivity contribution in [3.63, 3.8) is 0 Å². The summed E-state index contributed by atoms with van der Waals surface area (Å²) >= 11 is 0. The summed E-state index contributed by atoms with van der Waals surface area (Å²) in [5.74, 6) is -0.247. The van der Waals surface area contributed by atoms with E-state index >= 15 is 0 Å². The van der Waals surface area contributed by atoms with Crippen LogP contribution in [0.4, 0.5) is 4.39 Å². The smallest absolute Gasteiger partial charge is 0.146 e. The monoisotopic (exact) mass is 303 g/mol. The van der Waals surface area contributed by atoms with Crippen LogP contribution in [-0.4, -0.2) is 13.9 Å². The van der Waals surface area contributed by atoms with E-state index in [0.717, 1.165) is 5.56 Å². The number of hydrogen-bond acceptors (Lipinski definition) is 3. The van der Waals surface area contributed by atoms with Crippen LogP contribution >= 0.6 is 0 Å². The number of ether oxygens (including phenoxy) is 2. The fourth-order valence-electron chi connectivity index (χ4n) is 2.18. The molecule has 118 valence electrons. The van der Waals surface area contributed by atoms with Crippen LogP contribution in [0.2, 0.25) is 0 Å². The van der Waals surface area contributed by atoms with Gasteiger partial charge >= 0.3 is 0 Å². The molecular formula is C18H22FNO2. The maximum absolute atomic E-state index is 14.0. The Hall–Kier alpha value is -1.75. The van der Waals surface area contributed by atoms with E-state index < -0.39 is 0 Å². The van der Waals surface area contributed by atoms with Crippen LogP contribution in [0, 0.1) is 5.82 Å². The predicted molar refractivity (Wildman–Crippen MR) is 84.8 cm³/mol. The van der Waals surface area contributed by atoms with Crippen molar-refractivity contribution < 1.29 is 13.9 Å². The third-order valence-electron chi connectivity index (χ3n) is 3.49. The molecule has 0 saturated carbocycles. The highest BCUT2D eigenvalue weighted by Crippen LogP contribution is 2.15. The molecule has 2 aromatic carbocycles. The van der Waals surface area contributed by atoms with E-state index in [1.165, 1.54) is 5.56 Å². The minimum Gasteiger partial charge on any atom is -0.359 e. The van der Waals surface area contributed by atoms with Gasteiger partial charge in [0.2, 0.25) is 0 Å². The molecule has 1 atom stereocenters. The lowest BCUT2D eigenvalue weighted by molar-refractivity contribution is -0.0398. The van der Waals surface area contributed by atoms with Gasteiger partial charge in [-0.25, -0.2) is 4.39 Å². The van der Waals surface area contributed by atoms with Crippen molar-refractivity contribution in [2.75, 3.05) is 13.9 Å². The molecule has 3 nitrogen and oxygen atoms in total. The van der Waals surface area contributed by atoms with Gasteiger partial charge in [0.25, 0.3) is 0 Å². The molecular weight excluding hydrogens is 281 g/mol. The van der Waals surface area contributed by atoms with Crippen LogP contribution in [0.15, 0.2) is 48.5 Å².